The van der Waals surface area contributed by atoms with Crippen LogP contribution in [-0.2, 0) is 0 Å². The Morgan fingerprint density at radius 2 is 2.00 bits per heavy atom. The minimum Gasteiger partial charge on any atom is -0.435 e. The molecule has 2 N–H and O–H groups in total. The van der Waals surface area contributed by atoms with Gasteiger partial charge in [0.05, 0.1) is 0 Å². The van der Waals surface area contributed by atoms with Crippen LogP contribution in [0.1, 0.15) is 36.0 Å². The predicted molar refractivity (Wildman–Crippen MR) is 75.4 cm³/mol. The lowest BCUT2D eigenvalue weighted by atomic mass is 9.90. The van der Waals surface area contributed by atoms with Gasteiger partial charge in [-0.25, -0.2) is 0 Å². The number of hydrogen-bond acceptors (Lipinski definition) is 3. The van der Waals surface area contributed by atoms with Crippen molar-refractivity contribution in [3.05, 3.63) is 29.8 Å². The van der Waals surface area contributed by atoms with Gasteiger partial charge in [0.2, 0.25) is 0 Å². The van der Waals surface area contributed by atoms with Crippen molar-refractivity contribution >= 4 is 5.91 Å². The van der Waals surface area contributed by atoms with Crippen LogP contribution >= 0.6 is 0 Å². The predicted octanol–water partition coefficient (Wildman–Crippen LogP) is 2.63. The van der Waals surface area contributed by atoms with Crippen molar-refractivity contribution in [3.8, 4) is 5.75 Å². The Hall–Kier alpha value is -1.69. The smallest absolute Gasteiger partial charge is 0.387 e. The molecule has 1 fully saturated rings. The molecule has 2 rings (SSSR count). The van der Waals surface area contributed by atoms with E-state index in [1.807, 2.05) is 0 Å². The number of halogens is 2. The van der Waals surface area contributed by atoms with Crippen LogP contribution in [0.15, 0.2) is 24.3 Å². The second-order valence-electron chi connectivity index (χ2n) is 5.39. The number of alkyl halides is 2. The molecule has 4 nitrogen and oxygen atoms in total. The molecule has 0 saturated heterocycles. The zero-order valence-corrected chi connectivity index (χ0v) is 12.0. The molecule has 0 radical (unpaired) electrons. The number of amides is 1. The van der Waals surface area contributed by atoms with Gasteiger partial charge < -0.3 is 15.4 Å². The Labute approximate surface area is 122 Å². The molecule has 0 heterocycles. The largest absolute Gasteiger partial charge is 0.435 e. The summed E-state index contributed by atoms with van der Waals surface area (Å²) in [5.41, 5.74) is 6.21. The Morgan fingerprint density at radius 1 is 1.33 bits per heavy atom. The van der Waals surface area contributed by atoms with E-state index in [2.05, 4.69) is 4.74 Å². The first-order valence-corrected chi connectivity index (χ1v) is 7.05. The molecule has 116 valence electrons. The highest BCUT2D eigenvalue weighted by molar-refractivity contribution is 5.94. The monoisotopic (exact) mass is 298 g/mol. The summed E-state index contributed by atoms with van der Waals surface area (Å²) in [6.45, 7) is -2.90. The summed E-state index contributed by atoms with van der Waals surface area (Å²) >= 11 is 0. The van der Waals surface area contributed by atoms with Crippen molar-refractivity contribution in [3.63, 3.8) is 0 Å². The first-order valence-electron chi connectivity index (χ1n) is 7.05. The first kappa shape index (κ1) is 15.7. The van der Waals surface area contributed by atoms with E-state index in [9.17, 15) is 13.6 Å². The number of carbonyl (C=O) groups excluding carboxylic acids is 1. The molecule has 21 heavy (non-hydrogen) atoms. The highest BCUT2D eigenvalue weighted by Crippen LogP contribution is 2.23. The quantitative estimate of drug-likeness (QED) is 0.929. The van der Waals surface area contributed by atoms with Crippen LogP contribution in [0.3, 0.4) is 0 Å². The first-order chi connectivity index (χ1) is 9.97. The Morgan fingerprint density at radius 3 is 2.62 bits per heavy atom. The van der Waals surface area contributed by atoms with Crippen molar-refractivity contribution in [2.75, 3.05) is 7.05 Å². The molecular formula is C15H20F2N2O2. The number of hydrogen-bond donors (Lipinski definition) is 1. The van der Waals surface area contributed by atoms with E-state index in [1.54, 1.807) is 18.0 Å². The molecule has 0 bridgehead atoms. The van der Waals surface area contributed by atoms with Crippen molar-refractivity contribution in [2.24, 2.45) is 5.73 Å². The number of ether oxygens (including phenoxy) is 1. The summed E-state index contributed by atoms with van der Waals surface area (Å²) < 4.78 is 28.7. The van der Waals surface area contributed by atoms with E-state index in [4.69, 9.17) is 5.73 Å². The Kier molecular flexibility index (Phi) is 5.12. The summed E-state index contributed by atoms with van der Waals surface area (Å²) in [7, 11) is 1.74. The summed E-state index contributed by atoms with van der Waals surface area (Å²) in [6.07, 6.45) is 3.54. The molecule has 1 amide bonds. The molecule has 0 aliphatic heterocycles. The molecule has 0 aromatic heterocycles. The highest BCUT2D eigenvalue weighted by atomic mass is 19.3. The maximum atomic E-state index is 12.4. The van der Waals surface area contributed by atoms with Crippen LogP contribution in [0, 0.1) is 0 Å². The van der Waals surface area contributed by atoms with E-state index >= 15 is 0 Å². The fraction of sp³-hybridized carbons (Fsp3) is 0.533. The number of carbonyl (C=O) groups is 1. The molecular weight excluding hydrogens is 278 g/mol. The van der Waals surface area contributed by atoms with Gasteiger partial charge in [-0.15, -0.1) is 0 Å². The Balaban J connectivity index is 2.05. The van der Waals surface area contributed by atoms with Gasteiger partial charge in [-0.3, -0.25) is 4.79 Å². The summed E-state index contributed by atoms with van der Waals surface area (Å²) in [5, 5.41) is 0. The lowest BCUT2D eigenvalue weighted by Crippen LogP contribution is -2.41. The molecule has 1 saturated carbocycles. The van der Waals surface area contributed by atoms with Crippen LogP contribution < -0.4 is 10.5 Å². The van der Waals surface area contributed by atoms with Crippen LogP contribution in [0.2, 0.25) is 0 Å². The van der Waals surface area contributed by atoms with E-state index in [1.165, 1.54) is 18.2 Å². The maximum Gasteiger partial charge on any atom is 0.387 e. The van der Waals surface area contributed by atoms with Crippen molar-refractivity contribution in [1.29, 1.82) is 0 Å². The normalized spacial score (nSPS) is 22.1. The number of rotatable bonds is 4. The number of nitrogens with zero attached hydrogens (tertiary/aromatic N) is 1. The molecule has 0 spiro atoms. The van der Waals surface area contributed by atoms with Crippen LogP contribution in [0.5, 0.6) is 5.75 Å². The van der Waals surface area contributed by atoms with Crippen molar-refractivity contribution < 1.29 is 18.3 Å². The molecule has 1 aliphatic carbocycles. The van der Waals surface area contributed by atoms with Gasteiger partial charge in [0.1, 0.15) is 5.75 Å². The second-order valence-corrected chi connectivity index (χ2v) is 5.39. The minimum atomic E-state index is -2.90. The minimum absolute atomic E-state index is 0.00471. The van der Waals surface area contributed by atoms with Gasteiger partial charge in [0.15, 0.2) is 0 Å². The number of nitrogens with two attached hydrogens (primary N) is 1. The third kappa shape index (κ3) is 4.14. The fourth-order valence-electron chi connectivity index (χ4n) is 2.66. The van der Waals surface area contributed by atoms with Crippen LogP contribution in [-0.4, -0.2) is 36.5 Å². The van der Waals surface area contributed by atoms with Crippen molar-refractivity contribution in [1.82, 2.24) is 4.90 Å². The highest BCUT2D eigenvalue weighted by Gasteiger charge is 2.25. The average Bonchev–Trinajstić information content (AvgIpc) is 2.46. The number of benzene rings is 1. The standard InChI is InChI=1S/C15H20F2N2O2/c1-19(12-7-5-11(18)6-8-12)14(20)10-3-2-4-13(9-10)21-15(16)17/h2-4,9,11-12,15H,5-8,18H2,1H3. The van der Waals surface area contributed by atoms with Crippen molar-refractivity contribution in [2.45, 2.75) is 44.4 Å². The molecule has 6 heteroatoms. The lowest BCUT2D eigenvalue weighted by Gasteiger charge is -2.33. The van der Waals surface area contributed by atoms with E-state index in [0.29, 0.717) is 5.56 Å². The van der Waals surface area contributed by atoms with E-state index in [-0.39, 0.29) is 23.7 Å². The van der Waals surface area contributed by atoms with Gasteiger partial charge in [-0.2, -0.15) is 8.78 Å². The van der Waals surface area contributed by atoms with Crippen LogP contribution in [0.25, 0.3) is 0 Å². The van der Waals surface area contributed by atoms with E-state index in [0.717, 1.165) is 25.7 Å². The average molecular weight is 298 g/mol. The van der Waals surface area contributed by atoms with Gasteiger partial charge in [-0.05, 0) is 43.9 Å². The van der Waals surface area contributed by atoms with Gasteiger partial charge in [-0.1, -0.05) is 6.07 Å². The zero-order chi connectivity index (χ0) is 15.4. The third-order valence-corrected chi connectivity index (χ3v) is 3.92. The van der Waals surface area contributed by atoms with E-state index < -0.39 is 6.61 Å². The SMILES string of the molecule is CN(C(=O)c1cccc(OC(F)F)c1)C1CCC(N)CC1. The molecule has 1 aromatic rings. The Bertz CT molecular complexity index is 488. The molecule has 0 atom stereocenters. The molecule has 1 aromatic carbocycles. The molecule has 0 unspecified atom stereocenters. The second kappa shape index (κ2) is 6.85. The third-order valence-electron chi connectivity index (χ3n) is 3.92. The maximum absolute atomic E-state index is 12.4. The van der Waals surface area contributed by atoms with Gasteiger partial charge >= 0.3 is 6.61 Å². The molecule has 1 aliphatic rings. The lowest BCUT2D eigenvalue weighted by molar-refractivity contribution is -0.0499. The summed E-state index contributed by atoms with van der Waals surface area (Å²) in [5.74, 6) is -0.190. The summed E-state index contributed by atoms with van der Waals surface area (Å²) in [6, 6.07) is 6.26. The fourth-order valence-corrected chi connectivity index (χ4v) is 2.66. The zero-order valence-electron chi connectivity index (χ0n) is 12.0. The van der Waals surface area contributed by atoms with Crippen LogP contribution in [0.4, 0.5) is 8.78 Å². The van der Waals surface area contributed by atoms with Gasteiger partial charge in [0, 0.05) is 24.7 Å². The summed E-state index contributed by atoms with van der Waals surface area (Å²) in [4.78, 5) is 14.1. The van der Waals surface area contributed by atoms with Gasteiger partial charge in [0.25, 0.3) is 5.91 Å². The topological polar surface area (TPSA) is 55.6 Å².